The number of carboxylic acid groups (broad SMARTS) is 2. The molecule has 0 aliphatic rings. The molecule has 0 atom stereocenters. The molecule has 0 unspecified atom stereocenters. The minimum Gasteiger partial charge on any atom is 1.00 e. The van der Waals surface area contributed by atoms with Crippen LogP contribution in [0.25, 0.3) is 0 Å². The van der Waals surface area contributed by atoms with Gasteiger partial charge in [0.2, 0.25) is 0 Å². The summed E-state index contributed by atoms with van der Waals surface area (Å²) in [6.45, 7) is -0.361. The van der Waals surface area contributed by atoms with E-state index in [1.165, 1.54) is 12.1 Å². The van der Waals surface area contributed by atoms with E-state index in [0.29, 0.717) is 4.35 Å². The predicted molar refractivity (Wildman–Crippen MR) is 97.5 cm³/mol. The van der Waals surface area contributed by atoms with Gasteiger partial charge in [-0.2, -0.15) is 0 Å². The molecular weight excluding hydrogens is 554 g/mol. The maximum absolute atomic E-state index is 10.9. The van der Waals surface area contributed by atoms with Crippen LogP contribution in [0, 0.1) is 0 Å². The van der Waals surface area contributed by atoms with Gasteiger partial charge in [0.05, 0.1) is 0 Å². The van der Waals surface area contributed by atoms with Crippen molar-refractivity contribution in [2.75, 3.05) is 35.9 Å². The van der Waals surface area contributed by atoms with Crippen LogP contribution in [-0.4, -0.2) is 73.0 Å². The largest absolute Gasteiger partial charge is 1.00 e. The summed E-state index contributed by atoms with van der Waals surface area (Å²) in [5.74, 6) is -3.99. The zero-order valence-corrected chi connectivity index (χ0v) is 27.0. The van der Waals surface area contributed by atoms with E-state index in [0.717, 1.165) is 20.0 Å². The molecule has 0 aliphatic carbocycles. The zero-order valence-electron chi connectivity index (χ0n) is 16.7. The van der Waals surface area contributed by atoms with E-state index in [1.54, 1.807) is 6.07 Å². The van der Waals surface area contributed by atoms with Gasteiger partial charge in [-0.3, -0.25) is 0 Å². The van der Waals surface area contributed by atoms with Crippen LogP contribution in [0.1, 0.15) is 0 Å². The predicted octanol–water partition coefficient (Wildman–Crippen LogP) is -12.4. The number of carboxylic acids is 2. The number of hydrogen-bond acceptors (Lipinski definition) is 12. The van der Waals surface area contributed by atoms with Crippen LogP contribution in [0.2, 0.25) is 0 Å². The first-order valence-electron chi connectivity index (χ1n) is 7.13. The number of carbonyl (C=O) groups excluding carboxylic acids is 2. The number of anilines is 1. The van der Waals surface area contributed by atoms with Crippen LogP contribution >= 0.6 is 20.0 Å². The topological polar surface area (TPSA) is 179 Å². The smallest absolute Gasteiger partial charge is 1.00 e. The average Bonchev–Trinajstić information content (AvgIpc) is 2.57. The Bertz CT molecular complexity index is 755. The SMILES string of the molecule is O=C([O-])CS[As](SCC(=O)[O-])c1ccc(OCCO)c(NCS(=O)(=O)[O-])c1.[Na+].[Na+].[Na+]. The van der Waals surface area contributed by atoms with Crippen LogP contribution in [0.15, 0.2) is 18.2 Å². The number of hydrogen-bond donors (Lipinski definition) is 2. The van der Waals surface area contributed by atoms with Gasteiger partial charge in [-0.25, -0.2) is 0 Å². The van der Waals surface area contributed by atoms with Gasteiger partial charge in [-0.05, 0) is 0 Å². The van der Waals surface area contributed by atoms with Gasteiger partial charge < -0.3 is 0 Å². The molecule has 1 rings (SSSR count). The molecule has 0 heterocycles. The molecule has 2 N–H and O–H groups in total. The Balaban J connectivity index is -0.00000243. The molecule has 0 saturated heterocycles. The fraction of sp³-hybridized carbons (Fsp3) is 0.385. The van der Waals surface area contributed by atoms with Gasteiger partial charge in [-0.1, -0.05) is 0 Å². The van der Waals surface area contributed by atoms with Crippen LogP contribution in [-0.2, 0) is 19.7 Å². The van der Waals surface area contributed by atoms with E-state index in [1.807, 2.05) is 0 Å². The van der Waals surface area contributed by atoms with Gasteiger partial charge in [0, 0.05) is 0 Å². The minimum absolute atomic E-state index is 0. The normalized spacial score (nSPS) is 10.2. The molecule has 152 valence electrons. The van der Waals surface area contributed by atoms with Crippen molar-refractivity contribution < 1.29 is 131 Å². The summed E-state index contributed by atoms with van der Waals surface area (Å²) < 4.78 is 38.5. The molecule has 0 amide bonds. The number of benzene rings is 1. The maximum atomic E-state index is 10.9. The van der Waals surface area contributed by atoms with Gasteiger partial charge in [-0.15, -0.1) is 0 Å². The second-order valence-corrected chi connectivity index (χ2v) is 17.6. The number of rotatable bonds is 13. The Morgan fingerprint density at radius 2 is 1.63 bits per heavy atom. The summed E-state index contributed by atoms with van der Waals surface area (Å²) >= 11 is -2.31. The van der Waals surface area contributed by atoms with E-state index in [2.05, 4.69) is 5.32 Å². The fourth-order valence-electron chi connectivity index (χ4n) is 1.63. The van der Waals surface area contributed by atoms with Crippen LogP contribution < -0.4 is 113 Å². The van der Waals surface area contributed by atoms with E-state index < -0.39 is 40.3 Å². The van der Waals surface area contributed by atoms with Crippen molar-refractivity contribution in [3.63, 3.8) is 0 Å². The summed E-state index contributed by atoms with van der Waals surface area (Å²) in [5, 5.41) is 32.7. The molecule has 0 saturated carbocycles. The monoisotopic (exact) mass is 569 g/mol. The Hall–Kier alpha value is 1.89. The van der Waals surface area contributed by atoms with Crippen molar-refractivity contribution in [1.29, 1.82) is 0 Å². The second-order valence-electron chi connectivity index (χ2n) is 4.68. The minimum atomic E-state index is -4.57. The molecule has 1 aromatic carbocycles. The van der Waals surface area contributed by atoms with E-state index in [9.17, 15) is 32.8 Å². The Kier molecular flexibility index (Phi) is 23.4. The molecule has 0 aliphatic heterocycles. The molecule has 0 bridgehead atoms. The summed E-state index contributed by atoms with van der Waals surface area (Å²) in [6, 6.07) is 4.53. The van der Waals surface area contributed by atoms with E-state index in [-0.39, 0.29) is 125 Å². The molecule has 1 aromatic rings. The fourth-order valence-corrected chi connectivity index (χ4v) is 12.8. The number of aliphatic hydroxyl groups is 1. The second kappa shape index (κ2) is 19.2. The third kappa shape index (κ3) is 16.5. The standard InChI is InChI=1S/C13H18AsNO9S3.3Na/c16-3-4-24-11-2-1-9(5-10(11)15-8-27(21,22)23)14(25-6-12(17)18)26-7-13(19)20;;;/h1-2,5,15-16H,3-4,6-8H2,(H,17,18)(H,19,20)(H,21,22,23);;;/q;3*+1/p-3. The Labute approximate surface area is 251 Å². The van der Waals surface area contributed by atoms with Crippen molar-refractivity contribution in [1.82, 2.24) is 0 Å². The van der Waals surface area contributed by atoms with Crippen LogP contribution in [0.5, 0.6) is 5.75 Å². The molecule has 0 radical (unpaired) electrons. The van der Waals surface area contributed by atoms with Gasteiger partial charge >= 0.3 is 256 Å². The van der Waals surface area contributed by atoms with Gasteiger partial charge in [0.1, 0.15) is 0 Å². The Morgan fingerprint density at radius 3 is 2.07 bits per heavy atom. The van der Waals surface area contributed by atoms with Crippen molar-refractivity contribution in [3.8, 4) is 5.75 Å². The first kappa shape index (κ1) is 36.5. The molecule has 0 fully saturated rings. The number of aliphatic hydroxyl groups excluding tert-OH is 1. The average molecular weight is 569 g/mol. The van der Waals surface area contributed by atoms with E-state index in [4.69, 9.17) is 9.84 Å². The first-order chi connectivity index (χ1) is 12.6. The van der Waals surface area contributed by atoms with Crippen LogP contribution in [0.4, 0.5) is 5.69 Å². The summed E-state index contributed by atoms with van der Waals surface area (Å²) in [7, 11) is -2.48. The number of ether oxygens (including phenoxy) is 1. The third-order valence-corrected chi connectivity index (χ3v) is 15.8. The number of aliphatic carboxylic acids is 2. The zero-order chi connectivity index (χ0) is 20.4. The van der Waals surface area contributed by atoms with Gasteiger partial charge in [0.15, 0.2) is 0 Å². The number of nitrogens with one attached hydrogen (secondary N) is 1. The first-order valence-corrected chi connectivity index (χ1v) is 16.1. The molecule has 10 nitrogen and oxygen atoms in total. The number of carbonyl (C=O) groups is 2. The summed E-state index contributed by atoms with van der Waals surface area (Å²) in [4.78, 5) is 21.4. The Morgan fingerprint density at radius 1 is 1.10 bits per heavy atom. The van der Waals surface area contributed by atoms with Gasteiger partial charge in [0.25, 0.3) is 0 Å². The molecule has 0 aromatic heterocycles. The third-order valence-electron chi connectivity index (χ3n) is 2.56. The van der Waals surface area contributed by atoms with Crippen LogP contribution in [0.3, 0.4) is 0 Å². The molecule has 17 heteroatoms. The molecule has 0 spiro atoms. The quantitative estimate of drug-likeness (QED) is 0.170. The van der Waals surface area contributed by atoms with E-state index >= 15 is 0 Å². The summed E-state index contributed by atoms with van der Waals surface area (Å²) in [5.41, 5.74) is 0.155. The molecule has 30 heavy (non-hydrogen) atoms. The van der Waals surface area contributed by atoms with Crippen molar-refractivity contribution in [2.24, 2.45) is 0 Å². The van der Waals surface area contributed by atoms with Crippen molar-refractivity contribution >= 4 is 64.5 Å². The van der Waals surface area contributed by atoms with Crippen molar-refractivity contribution in [2.45, 2.75) is 0 Å². The van der Waals surface area contributed by atoms with Crippen molar-refractivity contribution in [3.05, 3.63) is 18.2 Å². The maximum Gasteiger partial charge on any atom is 1.00 e. The summed E-state index contributed by atoms with van der Waals surface area (Å²) in [6.07, 6.45) is 0. The molecular formula is C13H15AsNNa3O9S3.